The van der Waals surface area contributed by atoms with E-state index in [2.05, 4.69) is 5.73 Å². The predicted molar refractivity (Wildman–Crippen MR) is 19.5 cm³/mol. The van der Waals surface area contributed by atoms with Crippen molar-refractivity contribution in [2.75, 3.05) is 0 Å². The monoisotopic (exact) mass is 157 g/mol. The van der Waals surface area contributed by atoms with Crippen LogP contribution in [0.1, 0.15) is 6.92 Å². The van der Waals surface area contributed by atoms with Crippen LogP contribution in [0.15, 0.2) is 11.8 Å². The molecule has 0 amide bonds. The van der Waals surface area contributed by atoms with Gasteiger partial charge in [-0.15, -0.1) is 0 Å². The topological polar surface area (TPSA) is 17.1 Å². The van der Waals surface area contributed by atoms with Crippen molar-refractivity contribution in [3.05, 3.63) is 11.8 Å². The zero-order valence-corrected chi connectivity index (χ0v) is 6.40. The van der Waals surface area contributed by atoms with E-state index >= 15 is 0 Å². The number of hydrogen-bond donors (Lipinski definition) is 0. The summed E-state index contributed by atoms with van der Waals surface area (Å²) in [6, 6.07) is 0. The van der Waals surface area contributed by atoms with Crippen LogP contribution in [-0.4, -0.2) is 5.94 Å². The van der Waals surface area contributed by atoms with Crippen molar-refractivity contribution >= 4 is 5.94 Å². The second kappa shape index (κ2) is 9.01. The average Bonchev–Trinajstić information content (AvgIpc) is 1.41. The van der Waals surface area contributed by atoms with Crippen molar-refractivity contribution < 1.29 is 37.5 Å². The minimum Gasteiger partial charge on any atom is -0.224 e. The fourth-order valence-electron chi connectivity index (χ4n) is 0.0589. The molecule has 0 heterocycles. The molecule has 0 atom stereocenters. The molecule has 1 radical (unpaired) electrons. The van der Waals surface area contributed by atoms with Gasteiger partial charge in [0.05, 0.1) is 0 Å². The Hall–Kier alpha value is 0.334. The maximum atomic E-state index is 9.14. The maximum Gasteiger partial charge on any atom is 0.176 e. The van der Waals surface area contributed by atoms with E-state index in [9.17, 15) is 0 Å². The first-order valence-corrected chi connectivity index (χ1v) is 1.32. The fourth-order valence-corrected chi connectivity index (χ4v) is 0.0589. The molecule has 0 bridgehead atoms. The van der Waals surface area contributed by atoms with E-state index in [1.54, 1.807) is 6.92 Å². The van der Waals surface area contributed by atoms with Gasteiger partial charge in [-0.3, -0.25) is 0 Å². The molecule has 0 aromatic heterocycles. The second-order valence-electron chi connectivity index (χ2n) is 0.535. The Kier molecular flexibility index (Phi) is 14.4. The number of rotatable bonds is 0. The summed E-state index contributed by atoms with van der Waals surface area (Å²) >= 11 is 0. The van der Waals surface area contributed by atoms with Crippen molar-refractivity contribution in [3.63, 3.8) is 0 Å². The molecule has 1 nitrogen and oxygen atoms in total. The first-order chi connectivity index (χ1) is 2.41. The van der Waals surface area contributed by atoms with E-state index in [0.29, 0.717) is 0 Å². The summed E-state index contributed by atoms with van der Waals surface area (Å²) in [6.07, 6.45) is 1.51. The first-order valence-electron chi connectivity index (χ1n) is 1.32. The Labute approximate surface area is 62.0 Å². The number of carbonyl (C=O) groups excluding carboxylic acids is 1. The summed E-state index contributed by atoms with van der Waals surface area (Å²) in [5, 5.41) is 0. The molecule has 0 rings (SSSR count). The Balaban J connectivity index is 0. The Morgan fingerprint density at radius 2 is 2.17 bits per heavy atom. The van der Waals surface area contributed by atoms with Crippen LogP contribution in [0, 0.1) is 0 Å². The van der Waals surface area contributed by atoms with Crippen LogP contribution in [0.4, 0.5) is 0 Å². The zero-order chi connectivity index (χ0) is 4.12. The van der Waals surface area contributed by atoms with E-state index < -0.39 is 0 Å². The largest absolute Gasteiger partial charge is 0.224 e. The van der Waals surface area contributed by atoms with E-state index in [-0.39, 0.29) is 32.7 Å². The van der Waals surface area contributed by atoms with Gasteiger partial charge in [0.15, 0.2) is 5.94 Å². The minimum absolute atomic E-state index is 0. The molecule has 0 fully saturated rings. The third kappa shape index (κ3) is 8.84. The molecule has 0 N–H and O–H groups in total. The molecule has 29 valence electrons. The second-order valence-corrected chi connectivity index (χ2v) is 0.535. The molecule has 0 aromatic rings. The normalized spacial score (nSPS) is 3.50. The number of allylic oxidation sites excluding steroid dienone is 1. The Morgan fingerprint density at radius 1 is 1.67 bits per heavy atom. The Bertz CT molecular complexity index is 85.7. The van der Waals surface area contributed by atoms with Crippen molar-refractivity contribution in [3.8, 4) is 0 Å². The third-order valence-corrected chi connectivity index (χ3v) is 0.203. The van der Waals surface area contributed by atoms with Crippen LogP contribution < -0.4 is 0 Å². The summed E-state index contributed by atoms with van der Waals surface area (Å²) in [4.78, 5) is 9.14. The molecule has 0 aromatic carbocycles. The van der Waals surface area contributed by atoms with Gasteiger partial charge in [-0.1, -0.05) is 0 Å². The van der Waals surface area contributed by atoms with Crippen LogP contribution in [-0.2, 0) is 37.5 Å². The molecular formula is C4H4OY. The fraction of sp³-hybridized carbons (Fsp3) is 0.250. The van der Waals surface area contributed by atoms with Crippen LogP contribution in [0.5, 0.6) is 0 Å². The standard InChI is InChI=1S/C4H4O.Y/c1-2-3-4-5;/h2H,1H3;. The van der Waals surface area contributed by atoms with Gasteiger partial charge in [-0.2, -0.15) is 0 Å². The van der Waals surface area contributed by atoms with E-state index in [1.165, 1.54) is 12.0 Å². The SMILES string of the molecule is CC=C=C=O.[Y]. The van der Waals surface area contributed by atoms with Crippen molar-refractivity contribution in [2.45, 2.75) is 6.92 Å². The first kappa shape index (κ1) is 9.59. The smallest absolute Gasteiger partial charge is 0.176 e. The molecule has 2 heteroatoms. The molecule has 0 unspecified atom stereocenters. The molecular weight excluding hydrogens is 153 g/mol. The van der Waals surface area contributed by atoms with Gasteiger partial charge in [0.2, 0.25) is 0 Å². The molecule has 0 saturated heterocycles. The van der Waals surface area contributed by atoms with Crippen LogP contribution in [0.3, 0.4) is 0 Å². The molecule has 0 aliphatic rings. The molecule has 6 heavy (non-hydrogen) atoms. The molecule has 0 aliphatic carbocycles. The van der Waals surface area contributed by atoms with Crippen LogP contribution in [0.2, 0.25) is 0 Å². The maximum absolute atomic E-state index is 9.14. The van der Waals surface area contributed by atoms with Gasteiger partial charge in [0.25, 0.3) is 0 Å². The summed E-state index contributed by atoms with van der Waals surface area (Å²) in [7, 11) is 0. The van der Waals surface area contributed by atoms with Crippen LogP contribution >= 0.6 is 0 Å². The van der Waals surface area contributed by atoms with Gasteiger partial charge in [0, 0.05) is 32.7 Å². The molecule has 0 spiro atoms. The third-order valence-electron chi connectivity index (χ3n) is 0.203. The van der Waals surface area contributed by atoms with Gasteiger partial charge in [-0.25, -0.2) is 4.79 Å². The summed E-state index contributed by atoms with van der Waals surface area (Å²) in [5.41, 5.74) is 2.18. The van der Waals surface area contributed by atoms with E-state index in [1.807, 2.05) is 0 Å². The summed E-state index contributed by atoms with van der Waals surface area (Å²) in [5.74, 6) is 1.46. The average molecular weight is 157 g/mol. The number of hydrogen-bond acceptors (Lipinski definition) is 1. The van der Waals surface area contributed by atoms with Crippen molar-refractivity contribution in [1.82, 2.24) is 0 Å². The van der Waals surface area contributed by atoms with E-state index in [0.717, 1.165) is 0 Å². The molecule has 0 saturated carbocycles. The van der Waals surface area contributed by atoms with Crippen molar-refractivity contribution in [2.24, 2.45) is 0 Å². The summed E-state index contributed by atoms with van der Waals surface area (Å²) < 4.78 is 0. The van der Waals surface area contributed by atoms with E-state index in [4.69, 9.17) is 4.79 Å². The van der Waals surface area contributed by atoms with Crippen LogP contribution in [0.25, 0.3) is 0 Å². The summed E-state index contributed by atoms with van der Waals surface area (Å²) in [6.45, 7) is 1.71. The van der Waals surface area contributed by atoms with Gasteiger partial charge in [0.1, 0.15) is 0 Å². The zero-order valence-electron chi connectivity index (χ0n) is 3.56. The van der Waals surface area contributed by atoms with Gasteiger partial charge < -0.3 is 0 Å². The van der Waals surface area contributed by atoms with Gasteiger partial charge in [-0.05, 0) is 18.7 Å². The van der Waals surface area contributed by atoms with Crippen molar-refractivity contribution in [1.29, 1.82) is 0 Å². The Morgan fingerprint density at radius 3 is 2.17 bits per heavy atom. The van der Waals surface area contributed by atoms with Gasteiger partial charge >= 0.3 is 0 Å². The minimum atomic E-state index is 0. The molecule has 0 aliphatic heterocycles. The predicted octanol–water partition coefficient (Wildman–Crippen LogP) is 0.547. The quantitative estimate of drug-likeness (QED) is 0.370.